The molecule has 2 bridgehead atoms. The number of esters is 2. The van der Waals surface area contributed by atoms with Gasteiger partial charge in [-0.05, 0) is 39.7 Å². The van der Waals surface area contributed by atoms with Gasteiger partial charge in [0.05, 0.1) is 14.2 Å². The molecule has 34 heavy (non-hydrogen) atoms. The van der Waals surface area contributed by atoms with Crippen LogP contribution in [0.3, 0.4) is 0 Å². The zero-order valence-corrected chi connectivity index (χ0v) is 22.2. The number of nitrogens with zero attached hydrogens (tertiary/aromatic N) is 1. The van der Waals surface area contributed by atoms with E-state index in [9.17, 15) is 14.4 Å². The standard InChI is InChI=1S/C25H37NO7Si/c1-16(27)30-22-19(15-34(6,7)18-11-9-8-10-12-18)21-14-13-20(23(22)31-17(2)28)26(33-21)24(29)32-25(3,4)5/h8-12,19-23H,13-15H2,1-7H3/t19-,20+,21-,22+,23-/m1/s1. The van der Waals surface area contributed by atoms with Crippen molar-refractivity contribution in [2.75, 3.05) is 0 Å². The van der Waals surface area contributed by atoms with E-state index < -0.39 is 50.0 Å². The molecule has 3 fully saturated rings. The SMILES string of the molecule is CC(=O)O[C@H]1[C@H](C[Si](C)(C)c2ccccc2)[C@H]2CC[C@@H]([C@H]1OC(C)=O)N(C(=O)OC(C)(C)C)O2. The molecule has 1 aromatic carbocycles. The first-order valence-electron chi connectivity index (χ1n) is 11.9. The molecule has 0 N–H and O–H groups in total. The van der Waals surface area contributed by atoms with Gasteiger partial charge in [0.15, 0.2) is 6.10 Å². The number of rotatable bonds is 5. The lowest BCUT2D eigenvalue weighted by molar-refractivity contribution is -0.237. The second-order valence-electron chi connectivity index (χ2n) is 10.9. The minimum Gasteiger partial charge on any atom is -0.458 e. The minimum absolute atomic E-state index is 0.257. The summed E-state index contributed by atoms with van der Waals surface area (Å²) in [5.41, 5.74) is -0.722. The Hall–Kier alpha value is -2.39. The Kier molecular flexibility index (Phi) is 7.77. The Morgan fingerprint density at radius 1 is 1.00 bits per heavy atom. The van der Waals surface area contributed by atoms with E-state index >= 15 is 0 Å². The van der Waals surface area contributed by atoms with Crippen LogP contribution in [0, 0.1) is 5.92 Å². The third kappa shape index (κ3) is 6.18. The van der Waals surface area contributed by atoms with Gasteiger partial charge in [0.2, 0.25) is 0 Å². The molecule has 1 saturated carbocycles. The fourth-order valence-electron chi connectivity index (χ4n) is 5.01. The van der Waals surface area contributed by atoms with E-state index in [1.807, 2.05) is 18.2 Å². The topological polar surface area (TPSA) is 91.4 Å². The summed E-state index contributed by atoms with van der Waals surface area (Å²) in [4.78, 5) is 43.6. The zero-order chi connectivity index (χ0) is 25.3. The summed E-state index contributed by atoms with van der Waals surface area (Å²) < 4.78 is 17.2. The van der Waals surface area contributed by atoms with Crippen LogP contribution < -0.4 is 5.19 Å². The van der Waals surface area contributed by atoms with Crippen LogP contribution >= 0.6 is 0 Å². The van der Waals surface area contributed by atoms with E-state index in [4.69, 9.17) is 19.0 Å². The van der Waals surface area contributed by atoms with E-state index in [-0.39, 0.29) is 12.0 Å². The second kappa shape index (κ2) is 10.1. The zero-order valence-electron chi connectivity index (χ0n) is 21.2. The van der Waals surface area contributed by atoms with Gasteiger partial charge >= 0.3 is 18.0 Å². The summed E-state index contributed by atoms with van der Waals surface area (Å²) in [6.45, 7) is 12.5. The highest BCUT2D eigenvalue weighted by molar-refractivity contribution is 6.89. The normalized spacial score (nSPS) is 27.0. The lowest BCUT2D eigenvalue weighted by Gasteiger charge is -2.38. The fraction of sp³-hybridized carbons (Fsp3) is 0.640. The molecule has 0 aromatic heterocycles. The average molecular weight is 492 g/mol. The molecule has 5 atom stereocenters. The maximum absolute atomic E-state index is 13.1. The first-order valence-corrected chi connectivity index (χ1v) is 15.1. The molecule has 1 aliphatic carbocycles. The van der Waals surface area contributed by atoms with Crippen LogP contribution in [0.25, 0.3) is 0 Å². The number of fused-ring (bicyclic) bond motifs is 4. The molecule has 8 nitrogen and oxygen atoms in total. The maximum Gasteiger partial charge on any atom is 0.434 e. The summed E-state index contributed by atoms with van der Waals surface area (Å²) in [6.07, 6.45) is -1.41. The average Bonchev–Trinajstić information content (AvgIpc) is 2.91. The molecule has 1 aromatic rings. The highest BCUT2D eigenvalue weighted by atomic mass is 28.3. The molecule has 1 amide bonds. The predicted octanol–water partition coefficient (Wildman–Crippen LogP) is 3.79. The highest BCUT2D eigenvalue weighted by Gasteiger charge is 2.55. The van der Waals surface area contributed by atoms with Crippen LogP contribution in [0.2, 0.25) is 19.1 Å². The molecule has 0 unspecified atom stereocenters. The van der Waals surface area contributed by atoms with E-state index in [2.05, 4.69) is 25.2 Å². The Morgan fingerprint density at radius 3 is 2.15 bits per heavy atom. The minimum atomic E-state index is -2.03. The Bertz CT molecular complexity index is 898. The molecule has 4 rings (SSSR count). The summed E-state index contributed by atoms with van der Waals surface area (Å²) in [5.74, 6) is -1.22. The molecule has 2 aliphatic heterocycles. The Balaban J connectivity index is 2.02. The molecule has 3 aliphatic rings. The first kappa shape index (κ1) is 26.2. The van der Waals surface area contributed by atoms with Gasteiger partial charge in [0.1, 0.15) is 17.7 Å². The summed E-state index contributed by atoms with van der Waals surface area (Å²) in [7, 11) is -2.03. The second-order valence-corrected chi connectivity index (χ2v) is 15.6. The Labute approximate surface area is 202 Å². The number of carbonyl (C=O) groups is 3. The third-order valence-corrected chi connectivity index (χ3v) is 9.77. The van der Waals surface area contributed by atoms with Crippen molar-refractivity contribution in [2.24, 2.45) is 5.92 Å². The molecular weight excluding hydrogens is 454 g/mol. The van der Waals surface area contributed by atoms with Gasteiger partial charge in [-0.2, -0.15) is 5.06 Å². The lowest BCUT2D eigenvalue weighted by atomic mass is 9.94. The molecule has 2 saturated heterocycles. The lowest BCUT2D eigenvalue weighted by Crippen LogP contribution is -2.54. The van der Waals surface area contributed by atoms with Crippen molar-refractivity contribution in [3.63, 3.8) is 0 Å². The van der Waals surface area contributed by atoms with Crippen molar-refractivity contribution in [3.05, 3.63) is 30.3 Å². The molecule has 2 heterocycles. The Morgan fingerprint density at radius 2 is 1.59 bits per heavy atom. The summed E-state index contributed by atoms with van der Waals surface area (Å²) >= 11 is 0. The first-order chi connectivity index (χ1) is 15.8. The van der Waals surface area contributed by atoms with Gasteiger partial charge in [-0.25, -0.2) is 4.79 Å². The number of hydrogen-bond donors (Lipinski definition) is 0. The van der Waals surface area contributed by atoms with Gasteiger partial charge in [-0.3, -0.25) is 14.4 Å². The van der Waals surface area contributed by atoms with E-state index in [0.29, 0.717) is 12.8 Å². The van der Waals surface area contributed by atoms with Crippen LogP contribution in [-0.4, -0.2) is 61.1 Å². The molecular formula is C25H37NO7Si. The summed E-state index contributed by atoms with van der Waals surface area (Å²) in [6, 6.07) is 10.4. The predicted molar refractivity (Wildman–Crippen MR) is 129 cm³/mol. The number of amides is 1. The van der Waals surface area contributed by atoms with Crippen molar-refractivity contribution in [1.29, 1.82) is 0 Å². The van der Waals surface area contributed by atoms with Crippen LogP contribution in [0.4, 0.5) is 4.79 Å². The van der Waals surface area contributed by atoms with Gasteiger partial charge in [0.25, 0.3) is 0 Å². The van der Waals surface area contributed by atoms with Gasteiger partial charge in [0, 0.05) is 19.8 Å². The third-order valence-electron chi connectivity index (χ3n) is 6.38. The van der Waals surface area contributed by atoms with Crippen LogP contribution in [0.15, 0.2) is 30.3 Å². The number of carbonyl (C=O) groups excluding carboxylic acids is 3. The van der Waals surface area contributed by atoms with Gasteiger partial charge < -0.3 is 14.2 Å². The number of benzene rings is 1. The summed E-state index contributed by atoms with van der Waals surface area (Å²) in [5, 5.41) is 2.48. The fourth-order valence-corrected chi connectivity index (χ4v) is 8.01. The van der Waals surface area contributed by atoms with Crippen molar-refractivity contribution in [2.45, 2.75) is 96.6 Å². The van der Waals surface area contributed by atoms with Crippen LogP contribution in [-0.2, 0) is 28.6 Å². The number of ether oxygens (including phenoxy) is 3. The molecule has 0 spiro atoms. The van der Waals surface area contributed by atoms with Crippen molar-refractivity contribution >= 4 is 31.3 Å². The number of hydrogen-bond acceptors (Lipinski definition) is 7. The van der Waals surface area contributed by atoms with Gasteiger partial charge in [-0.1, -0.05) is 48.6 Å². The van der Waals surface area contributed by atoms with E-state index in [1.165, 1.54) is 24.1 Å². The van der Waals surface area contributed by atoms with Crippen molar-refractivity contribution in [1.82, 2.24) is 5.06 Å². The molecule has 0 radical (unpaired) electrons. The monoisotopic (exact) mass is 491 g/mol. The van der Waals surface area contributed by atoms with Crippen LogP contribution in [0.1, 0.15) is 47.5 Å². The van der Waals surface area contributed by atoms with Crippen molar-refractivity contribution < 1.29 is 33.4 Å². The van der Waals surface area contributed by atoms with Crippen LogP contribution in [0.5, 0.6) is 0 Å². The maximum atomic E-state index is 13.1. The van der Waals surface area contributed by atoms with Crippen molar-refractivity contribution in [3.8, 4) is 0 Å². The quantitative estimate of drug-likeness (QED) is 0.351. The van der Waals surface area contributed by atoms with Gasteiger partial charge in [-0.15, -0.1) is 0 Å². The van der Waals surface area contributed by atoms with E-state index in [1.54, 1.807) is 20.8 Å². The number of hydroxylamine groups is 2. The molecule has 188 valence electrons. The molecule has 9 heteroatoms. The smallest absolute Gasteiger partial charge is 0.434 e. The van der Waals surface area contributed by atoms with E-state index in [0.717, 1.165) is 6.04 Å². The largest absolute Gasteiger partial charge is 0.458 e. The highest BCUT2D eigenvalue weighted by Crippen LogP contribution is 2.42.